The lowest BCUT2D eigenvalue weighted by atomic mass is 10.7. The molecule has 0 aliphatic heterocycles. The summed E-state index contributed by atoms with van der Waals surface area (Å²) in [5, 5.41) is 0. The third-order valence-corrected chi connectivity index (χ3v) is 1.96. The van der Waals surface area contributed by atoms with Gasteiger partial charge in [0.2, 0.25) is 0 Å². The first kappa shape index (κ1) is 11.3. The highest BCUT2D eigenvalue weighted by Crippen LogP contribution is 1.97. The Bertz CT molecular complexity index is 144. The van der Waals surface area contributed by atoms with Crippen LogP contribution in [-0.2, 0) is 18.7 Å². The SMILES string of the molecule is C=CC(=O)O[Si]CC(OC)OC. The summed E-state index contributed by atoms with van der Waals surface area (Å²) in [4.78, 5) is 10.6. The summed E-state index contributed by atoms with van der Waals surface area (Å²) in [6, 6.07) is 0.548. The second-order valence-corrected chi connectivity index (χ2v) is 2.78. The van der Waals surface area contributed by atoms with Gasteiger partial charge in [0.05, 0.1) is 0 Å². The first-order valence-electron chi connectivity index (χ1n) is 3.36. The number of carbonyl (C=O) groups excluding carboxylic acids is 1. The second-order valence-electron chi connectivity index (χ2n) is 1.87. The molecule has 0 spiro atoms. The highest BCUT2D eigenvalue weighted by molar-refractivity contribution is 6.31. The van der Waals surface area contributed by atoms with Crippen LogP contribution in [0, 0.1) is 0 Å². The van der Waals surface area contributed by atoms with Crippen molar-refractivity contribution in [2.45, 2.75) is 12.3 Å². The average Bonchev–Trinajstić information content (AvgIpc) is 2.12. The third-order valence-electron chi connectivity index (χ3n) is 1.12. The van der Waals surface area contributed by atoms with E-state index in [2.05, 4.69) is 6.58 Å². The first-order chi connectivity index (χ1) is 5.74. The molecule has 68 valence electrons. The smallest absolute Gasteiger partial charge is 0.320 e. The molecule has 0 N–H and O–H groups in total. The number of methoxy groups -OCH3 is 2. The van der Waals surface area contributed by atoms with Gasteiger partial charge in [-0.05, 0) is 0 Å². The molecule has 0 rings (SSSR count). The summed E-state index contributed by atoms with van der Waals surface area (Å²) in [7, 11) is 3.11. The van der Waals surface area contributed by atoms with Crippen molar-refractivity contribution >= 4 is 15.7 Å². The van der Waals surface area contributed by atoms with Crippen molar-refractivity contribution in [2.24, 2.45) is 0 Å². The van der Waals surface area contributed by atoms with Gasteiger partial charge in [-0.15, -0.1) is 0 Å². The minimum Gasteiger partial charge on any atom is -0.513 e. The number of rotatable bonds is 6. The molecule has 0 aromatic carbocycles. The third kappa shape index (κ3) is 5.06. The number of carbonyl (C=O) groups is 1. The molecule has 2 radical (unpaired) electrons. The lowest BCUT2D eigenvalue weighted by molar-refractivity contribution is -0.129. The van der Waals surface area contributed by atoms with E-state index in [1.807, 2.05) is 0 Å². The van der Waals surface area contributed by atoms with Crippen molar-refractivity contribution in [3.63, 3.8) is 0 Å². The Labute approximate surface area is 74.4 Å². The number of ether oxygens (including phenoxy) is 2. The Hall–Kier alpha value is -0.653. The van der Waals surface area contributed by atoms with Crippen LogP contribution in [0.2, 0.25) is 6.04 Å². The molecule has 0 fully saturated rings. The van der Waals surface area contributed by atoms with Gasteiger partial charge < -0.3 is 13.9 Å². The number of hydrogen-bond acceptors (Lipinski definition) is 4. The Morgan fingerprint density at radius 1 is 1.58 bits per heavy atom. The Balaban J connectivity index is 3.40. The topological polar surface area (TPSA) is 44.8 Å². The van der Waals surface area contributed by atoms with Gasteiger partial charge in [-0.3, -0.25) is 0 Å². The molecule has 0 aliphatic rings. The van der Waals surface area contributed by atoms with Crippen LogP contribution in [0.15, 0.2) is 12.7 Å². The largest absolute Gasteiger partial charge is 0.513 e. The normalized spacial score (nSPS) is 9.92. The van der Waals surface area contributed by atoms with Crippen LogP contribution in [0.1, 0.15) is 0 Å². The minimum atomic E-state index is -0.417. The van der Waals surface area contributed by atoms with Gasteiger partial charge in [-0.1, -0.05) is 6.58 Å². The van der Waals surface area contributed by atoms with E-state index in [0.717, 1.165) is 6.08 Å². The number of hydrogen-bond donors (Lipinski definition) is 0. The van der Waals surface area contributed by atoms with E-state index in [1.54, 1.807) is 0 Å². The van der Waals surface area contributed by atoms with Crippen LogP contribution < -0.4 is 0 Å². The maximum absolute atomic E-state index is 10.6. The zero-order chi connectivity index (χ0) is 9.40. The van der Waals surface area contributed by atoms with E-state index in [4.69, 9.17) is 13.9 Å². The van der Waals surface area contributed by atoms with Gasteiger partial charge in [-0.2, -0.15) is 0 Å². The molecule has 0 aromatic rings. The summed E-state index contributed by atoms with van der Waals surface area (Å²) in [5.74, 6) is -0.417. The van der Waals surface area contributed by atoms with Crippen LogP contribution in [0.4, 0.5) is 0 Å². The molecule has 12 heavy (non-hydrogen) atoms. The minimum absolute atomic E-state index is 0.0425. The van der Waals surface area contributed by atoms with Crippen molar-refractivity contribution in [3.8, 4) is 0 Å². The quantitative estimate of drug-likeness (QED) is 0.343. The Morgan fingerprint density at radius 2 is 2.17 bits per heavy atom. The van der Waals surface area contributed by atoms with Crippen LogP contribution in [0.3, 0.4) is 0 Å². The second kappa shape index (κ2) is 7.02. The van der Waals surface area contributed by atoms with E-state index < -0.39 is 5.97 Å². The molecular weight excluding hydrogens is 176 g/mol. The van der Waals surface area contributed by atoms with Crippen LogP contribution in [-0.4, -0.2) is 36.2 Å². The zero-order valence-electron chi connectivity index (χ0n) is 7.20. The fourth-order valence-corrected chi connectivity index (χ4v) is 1.26. The molecule has 0 amide bonds. The van der Waals surface area contributed by atoms with Crippen molar-refractivity contribution in [1.29, 1.82) is 0 Å². The molecule has 0 bridgehead atoms. The molecule has 0 saturated carbocycles. The van der Waals surface area contributed by atoms with E-state index in [-0.39, 0.29) is 16.1 Å². The fourth-order valence-electron chi connectivity index (χ4n) is 0.485. The highest BCUT2D eigenvalue weighted by atomic mass is 28.2. The summed E-state index contributed by atoms with van der Waals surface area (Å²) in [6.45, 7) is 3.27. The molecule has 0 unspecified atom stereocenters. The van der Waals surface area contributed by atoms with Crippen molar-refractivity contribution in [1.82, 2.24) is 0 Å². The predicted octanol–water partition coefficient (Wildman–Crippen LogP) is 0.372. The molecule has 5 heteroatoms. The van der Waals surface area contributed by atoms with Crippen molar-refractivity contribution in [2.75, 3.05) is 14.2 Å². The summed E-state index contributed by atoms with van der Waals surface area (Å²) < 4.78 is 14.5. The van der Waals surface area contributed by atoms with Crippen molar-refractivity contribution in [3.05, 3.63) is 12.7 Å². The van der Waals surface area contributed by atoms with Gasteiger partial charge in [0, 0.05) is 26.3 Å². The molecular formula is C7H12O4Si. The highest BCUT2D eigenvalue weighted by Gasteiger charge is 2.07. The maximum atomic E-state index is 10.6. The van der Waals surface area contributed by atoms with E-state index in [0.29, 0.717) is 6.04 Å². The predicted molar refractivity (Wildman–Crippen MR) is 44.7 cm³/mol. The average molecular weight is 188 g/mol. The van der Waals surface area contributed by atoms with Gasteiger partial charge >= 0.3 is 15.7 Å². The van der Waals surface area contributed by atoms with Crippen LogP contribution >= 0.6 is 0 Å². The van der Waals surface area contributed by atoms with Gasteiger partial charge in [0.15, 0.2) is 6.29 Å². The standard InChI is InChI=1S/C7H12O4Si/c1-4-6(8)11-12-5-7(9-2)10-3/h4,7H,1,5H2,2-3H3. The molecule has 0 aromatic heterocycles. The lowest BCUT2D eigenvalue weighted by Gasteiger charge is -2.10. The van der Waals surface area contributed by atoms with E-state index in [9.17, 15) is 4.79 Å². The summed E-state index contributed by atoms with van der Waals surface area (Å²) in [5.41, 5.74) is 0. The maximum Gasteiger partial charge on any atom is 0.320 e. The zero-order valence-corrected chi connectivity index (χ0v) is 8.20. The molecule has 4 nitrogen and oxygen atoms in total. The summed E-state index contributed by atoms with van der Waals surface area (Å²) >= 11 is 0. The molecule has 0 aliphatic carbocycles. The van der Waals surface area contributed by atoms with Gasteiger partial charge in [-0.25, -0.2) is 4.79 Å². The Kier molecular flexibility index (Phi) is 6.64. The monoisotopic (exact) mass is 188 g/mol. The fraction of sp³-hybridized carbons (Fsp3) is 0.571. The molecule has 0 atom stereocenters. The van der Waals surface area contributed by atoms with Gasteiger partial charge in [0.25, 0.3) is 0 Å². The molecule has 0 saturated heterocycles. The summed E-state index contributed by atoms with van der Waals surface area (Å²) in [6.07, 6.45) is 0.822. The van der Waals surface area contributed by atoms with Gasteiger partial charge in [0.1, 0.15) is 0 Å². The lowest BCUT2D eigenvalue weighted by Crippen LogP contribution is -2.17. The molecule has 0 heterocycles. The van der Waals surface area contributed by atoms with Crippen LogP contribution in [0.25, 0.3) is 0 Å². The van der Waals surface area contributed by atoms with E-state index in [1.165, 1.54) is 14.2 Å². The Morgan fingerprint density at radius 3 is 2.58 bits per heavy atom. The van der Waals surface area contributed by atoms with Crippen LogP contribution in [0.5, 0.6) is 0 Å². The van der Waals surface area contributed by atoms with E-state index >= 15 is 0 Å². The van der Waals surface area contributed by atoms with Crippen molar-refractivity contribution < 1.29 is 18.7 Å². The first-order valence-corrected chi connectivity index (χ1v) is 4.47.